The van der Waals surface area contributed by atoms with Crippen LogP contribution in [0, 0.1) is 5.92 Å². The second-order valence-electron chi connectivity index (χ2n) is 7.01. The summed E-state index contributed by atoms with van der Waals surface area (Å²) in [6.07, 6.45) is 3.82. The molecule has 0 saturated heterocycles. The van der Waals surface area contributed by atoms with E-state index in [4.69, 9.17) is 0 Å². The van der Waals surface area contributed by atoms with Gasteiger partial charge in [-0.25, -0.2) is 4.98 Å². The highest BCUT2D eigenvalue weighted by molar-refractivity contribution is 7.14. The number of thiazole rings is 1. The number of hydrogen-bond donors (Lipinski definition) is 3. The fourth-order valence-electron chi connectivity index (χ4n) is 3.02. The number of nitrogens with zero attached hydrogens (tertiary/aromatic N) is 1. The van der Waals surface area contributed by atoms with E-state index in [0.717, 1.165) is 40.4 Å². The van der Waals surface area contributed by atoms with E-state index in [1.54, 1.807) is 6.20 Å². The van der Waals surface area contributed by atoms with Crippen LogP contribution in [0.1, 0.15) is 26.2 Å². The maximum atomic E-state index is 12.0. The van der Waals surface area contributed by atoms with Crippen molar-refractivity contribution in [2.45, 2.75) is 26.2 Å². The predicted molar refractivity (Wildman–Crippen MR) is 114 cm³/mol. The third-order valence-electron chi connectivity index (χ3n) is 4.80. The van der Waals surface area contributed by atoms with Crippen molar-refractivity contribution < 1.29 is 14.7 Å². The summed E-state index contributed by atoms with van der Waals surface area (Å²) < 4.78 is 0. The first-order valence-electron chi connectivity index (χ1n) is 9.56. The maximum absolute atomic E-state index is 12.0. The molecule has 1 amide bonds. The van der Waals surface area contributed by atoms with Crippen LogP contribution in [-0.2, 0) is 9.59 Å². The number of fused-ring (bicyclic) bond motifs is 3. The lowest BCUT2D eigenvalue weighted by atomic mass is 10.1. The van der Waals surface area contributed by atoms with Crippen LogP contribution in [0.25, 0.3) is 33.1 Å². The van der Waals surface area contributed by atoms with E-state index in [0.29, 0.717) is 10.6 Å². The molecule has 0 aliphatic heterocycles. The molecule has 1 saturated carbocycles. The summed E-state index contributed by atoms with van der Waals surface area (Å²) in [5, 5.41) is 16.5. The van der Waals surface area contributed by atoms with Crippen LogP contribution in [0.3, 0.4) is 0 Å². The molecule has 3 N–H and O–H groups in total. The highest BCUT2D eigenvalue weighted by Crippen LogP contribution is 2.32. The van der Waals surface area contributed by atoms with Crippen LogP contribution < -0.4 is 16.0 Å². The van der Waals surface area contributed by atoms with Gasteiger partial charge in [-0.3, -0.25) is 9.59 Å². The fraction of sp³-hybridized carbons (Fsp3) is 0.238. The summed E-state index contributed by atoms with van der Waals surface area (Å²) in [5.41, 5.74) is 3.00. The number of pyridine rings is 1. The molecule has 0 spiro atoms. The summed E-state index contributed by atoms with van der Waals surface area (Å²) in [7, 11) is 0. The topological polar surface area (TPSA) is 131 Å². The van der Waals surface area contributed by atoms with Crippen molar-refractivity contribution in [3.8, 4) is 11.3 Å². The number of carboxylic acid groups (broad SMARTS) is 1. The molecule has 5 rings (SSSR count). The molecule has 1 aliphatic rings. The number of hydrogen-bond acceptors (Lipinski definition) is 6. The number of carbonyl (C=O) groups is 2. The number of benzene rings is 1. The zero-order valence-corrected chi connectivity index (χ0v) is 17.0. The van der Waals surface area contributed by atoms with E-state index >= 15 is 0 Å². The lowest BCUT2D eigenvalue weighted by Crippen LogP contribution is -2.19. The number of aromatic nitrogens is 3. The van der Waals surface area contributed by atoms with Gasteiger partial charge in [0.1, 0.15) is 5.52 Å². The summed E-state index contributed by atoms with van der Waals surface area (Å²) in [6, 6.07) is 7.74. The zero-order valence-electron chi connectivity index (χ0n) is 16.2. The Morgan fingerprint density at radius 3 is 2.73 bits per heavy atom. The molecule has 0 radical (unpaired) electrons. The molecule has 3 aromatic heterocycles. The second kappa shape index (κ2) is 8.11. The lowest BCUT2D eigenvalue weighted by Gasteiger charge is -2.03. The molecule has 1 aromatic carbocycles. The van der Waals surface area contributed by atoms with Crippen LogP contribution in [0.15, 0.2) is 40.6 Å². The normalized spacial score (nSPS) is 13.1. The number of rotatable bonds is 4. The standard InChI is InChI=1S/C18H14N4O2S.C3H6O2/c23-16(9-1-2-9)22-18-21-14(8-25-18)10-3-4-13-12(7-10)11-5-6-19-15(11)17(24)20-13;1-2-3(4)5/h3-9,19H,1-2H2,(H,20,24)(H,21,22,23);2H2,1H3,(H,4,5)/p-1. The maximum Gasteiger partial charge on any atom is 0.272 e. The van der Waals surface area contributed by atoms with Crippen molar-refractivity contribution in [2.24, 2.45) is 5.92 Å². The van der Waals surface area contributed by atoms with Crippen LogP contribution in [-0.4, -0.2) is 26.8 Å². The number of carbonyl (C=O) groups excluding carboxylic acids is 2. The predicted octanol–water partition coefficient (Wildman–Crippen LogP) is 2.63. The third-order valence-corrected chi connectivity index (χ3v) is 5.56. The van der Waals surface area contributed by atoms with Gasteiger partial charge in [0.05, 0.1) is 5.69 Å². The highest BCUT2D eigenvalue weighted by Gasteiger charge is 2.30. The Labute approximate surface area is 175 Å². The minimum atomic E-state index is -0.995. The zero-order chi connectivity index (χ0) is 21.3. The molecule has 154 valence electrons. The van der Waals surface area contributed by atoms with Crippen molar-refractivity contribution in [1.82, 2.24) is 15.0 Å². The summed E-state index contributed by atoms with van der Waals surface area (Å²) in [4.78, 5) is 43.5. The van der Waals surface area contributed by atoms with Gasteiger partial charge in [-0.2, -0.15) is 0 Å². The number of aliphatic carboxylic acids is 1. The van der Waals surface area contributed by atoms with E-state index in [-0.39, 0.29) is 23.8 Å². The van der Waals surface area contributed by atoms with Crippen molar-refractivity contribution in [3.63, 3.8) is 0 Å². The summed E-state index contributed by atoms with van der Waals surface area (Å²) >= 11 is 1.42. The van der Waals surface area contributed by atoms with Gasteiger partial charge in [0.15, 0.2) is 5.13 Å². The Kier molecular flexibility index (Phi) is 5.37. The molecule has 0 bridgehead atoms. The number of amides is 1. The molecule has 8 nitrogen and oxygen atoms in total. The third kappa shape index (κ3) is 4.11. The van der Waals surface area contributed by atoms with Gasteiger partial charge >= 0.3 is 0 Å². The first-order valence-corrected chi connectivity index (χ1v) is 10.4. The van der Waals surface area contributed by atoms with Gasteiger partial charge in [-0.15, -0.1) is 11.3 Å². The molecule has 1 fully saturated rings. The molecule has 1 aliphatic carbocycles. The van der Waals surface area contributed by atoms with Gasteiger partial charge < -0.3 is 25.2 Å². The Balaban J connectivity index is 0.000000393. The van der Waals surface area contributed by atoms with Gasteiger partial charge in [-0.05, 0) is 37.5 Å². The Hall–Kier alpha value is -3.46. The first-order chi connectivity index (χ1) is 14.5. The lowest BCUT2D eigenvalue weighted by molar-refractivity contribution is -0.305. The molecule has 3 heterocycles. The van der Waals surface area contributed by atoms with E-state index < -0.39 is 5.97 Å². The smallest absolute Gasteiger partial charge is 0.272 e. The van der Waals surface area contributed by atoms with Crippen LogP contribution in [0.5, 0.6) is 0 Å². The molecule has 30 heavy (non-hydrogen) atoms. The Bertz CT molecular complexity index is 1300. The average Bonchev–Trinajstić information content (AvgIpc) is 3.28. The number of H-pyrrole nitrogens is 2. The molecular weight excluding hydrogens is 404 g/mol. The van der Waals surface area contributed by atoms with Gasteiger partial charge in [-0.1, -0.05) is 13.0 Å². The van der Waals surface area contributed by atoms with Crippen LogP contribution in [0.4, 0.5) is 5.13 Å². The van der Waals surface area contributed by atoms with Crippen molar-refractivity contribution in [1.29, 1.82) is 0 Å². The number of carboxylic acids is 1. The minimum Gasteiger partial charge on any atom is -0.550 e. The molecular formula is C21H19N4O4S-. The largest absolute Gasteiger partial charge is 0.550 e. The summed E-state index contributed by atoms with van der Waals surface area (Å²) in [5.74, 6) is -0.775. The number of nitrogens with one attached hydrogen (secondary N) is 3. The van der Waals surface area contributed by atoms with E-state index in [1.165, 1.54) is 18.3 Å². The van der Waals surface area contributed by atoms with Crippen LogP contribution >= 0.6 is 11.3 Å². The first kappa shape index (κ1) is 19.8. The quantitative estimate of drug-likeness (QED) is 0.464. The van der Waals surface area contributed by atoms with E-state index in [9.17, 15) is 19.5 Å². The summed E-state index contributed by atoms with van der Waals surface area (Å²) in [6.45, 7) is 1.54. The van der Waals surface area contributed by atoms with E-state index in [2.05, 4.69) is 20.3 Å². The van der Waals surface area contributed by atoms with Crippen molar-refractivity contribution in [3.05, 3.63) is 46.2 Å². The number of aromatic amines is 2. The SMILES string of the molecule is CCC(=O)[O-].O=C(Nc1nc(-c2ccc3[nH]c(=O)c4[nH]ccc4c3c2)cs1)C1CC1. The Morgan fingerprint density at radius 2 is 2.03 bits per heavy atom. The molecule has 0 atom stereocenters. The van der Waals surface area contributed by atoms with Crippen LogP contribution in [0.2, 0.25) is 0 Å². The Morgan fingerprint density at radius 1 is 1.27 bits per heavy atom. The van der Waals surface area contributed by atoms with Crippen molar-refractivity contribution in [2.75, 3.05) is 5.32 Å². The minimum absolute atomic E-state index is 0.0611. The fourth-order valence-corrected chi connectivity index (χ4v) is 3.74. The van der Waals surface area contributed by atoms with Gasteiger partial charge in [0.25, 0.3) is 5.56 Å². The second-order valence-corrected chi connectivity index (χ2v) is 7.87. The van der Waals surface area contributed by atoms with E-state index in [1.807, 2.05) is 29.6 Å². The highest BCUT2D eigenvalue weighted by atomic mass is 32.1. The monoisotopic (exact) mass is 423 g/mol. The van der Waals surface area contributed by atoms with Crippen molar-refractivity contribution >= 4 is 50.2 Å². The van der Waals surface area contributed by atoms with Gasteiger partial charge in [0, 0.05) is 45.3 Å². The van der Waals surface area contributed by atoms with Gasteiger partial charge in [0.2, 0.25) is 5.91 Å². The average molecular weight is 423 g/mol. The molecule has 4 aromatic rings. The molecule has 0 unspecified atom stereocenters. The number of anilines is 1. The molecule has 9 heteroatoms.